The van der Waals surface area contributed by atoms with Crippen molar-refractivity contribution in [2.75, 3.05) is 5.32 Å². The summed E-state index contributed by atoms with van der Waals surface area (Å²) in [7, 11) is 0. The summed E-state index contributed by atoms with van der Waals surface area (Å²) in [6, 6.07) is 6.47. The van der Waals surface area contributed by atoms with Gasteiger partial charge < -0.3 is 11.1 Å². The van der Waals surface area contributed by atoms with E-state index in [2.05, 4.69) is 42.0 Å². The summed E-state index contributed by atoms with van der Waals surface area (Å²) in [6.45, 7) is 8.22. The predicted octanol–water partition coefficient (Wildman–Crippen LogP) is 4.42. The molecular formula is C20H23N3. The fourth-order valence-electron chi connectivity index (χ4n) is 3.41. The molecule has 3 N–H and O–H groups in total. The van der Waals surface area contributed by atoms with Gasteiger partial charge in [-0.25, -0.2) is 0 Å². The summed E-state index contributed by atoms with van der Waals surface area (Å²) in [5.74, 6) is 0. The van der Waals surface area contributed by atoms with Crippen molar-refractivity contribution in [3.8, 4) is 11.1 Å². The summed E-state index contributed by atoms with van der Waals surface area (Å²) >= 11 is 0. The SMILES string of the molecule is C=C(C)Nc1c2c(cc(C)c1-c1ccnc(/C=C\N)c1)CCC2. The minimum Gasteiger partial charge on any atom is -0.405 e. The molecule has 0 atom stereocenters. The Labute approximate surface area is 137 Å². The second-order valence-corrected chi connectivity index (χ2v) is 6.17. The fraction of sp³-hybridized carbons (Fsp3) is 0.250. The Hall–Kier alpha value is -2.55. The zero-order chi connectivity index (χ0) is 16.4. The van der Waals surface area contributed by atoms with E-state index in [0.29, 0.717) is 0 Å². The maximum Gasteiger partial charge on any atom is 0.0650 e. The topological polar surface area (TPSA) is 50.9 Å². The lowest BCUT2D eigenvalue weighted by molar-refractivity contribution is 0.912. The molecule has 0 radical (unpaired) electrons. The average molecular weight is 305 g/mol. The summed E-state index contributed by atoms with van der Waals surface area (Å²) < 4.78 is 0. The molecule has 0 unspecified atom stereocenters. The van der Waals surface area contributed by atoms with Gasteiger partial charge in [0.1, 0.15) is 0 Å². The Balaban J connectivity index is 2.22. The van der Waals surface area contributed by atoms with E-state index >= 15 is 0 Å². The first kappa shape index (κ1) is 15.3. The van der Waals surface area contributed by atoms with Crippen LogP contribution in [-0.4, -0.2) is 4.98 Å². The Morgan fingerprint density at radius 3 is 2.91 bits per heavy atom. The lowest BCUT2D eigenvalue weighted by Gasteiger charge is -2.20. The van der Waals surface area contributed by atoms with Gasteiger partial charge in [-0.05, 0) is 79.8 Å². The van der Waals surface area contributed by atoms with Crippen LogP contribution in [0.2, 0.25) is 0 Å². The van der Waals surface area contributed by atoms with E-state index in [0.717, 1.165) is 23.4 Å². The first-order chi connectivity index (χ1) is 11.1. The van der Waals surface area contributed by atoms with Crippen LogP contribution in [-0.2, 0) is 12.8 Å². The third kappa shape index (κ3) is 3.00. The Morgan fingerprint density at radius 2 is 2.17 bits per heavy atom. The molecule has 1 heterocycles. The van der Waals surface area contributed by atoms with Crippen molar-refractivity contribution < 1.29 is 0 Å². The molecule has 0 aliphatic heterocycles. The molecule has 2 aromatic rings. The van der Waals surface area contributed by atoms with Crippen molar-refractivity contribution in [2.45, 2.75) is 33.1 Å². The van der Waals surface area contributed by atoms with Gasteiger partial charge in [-0.1, -0.05) is 12.6 Å². The lowest BCUT2D eigenvalue weighted by Crippen LogP contribution is -2.03. The molecule has 1 aliphatic rings. The van der Waals surface area contributed by atoms with Crippen LogP contribution in [0.25, 0.3) is 17.2 Å². The van der Waals surface area contributed by atoms with Gasteiger partial charge in [0.25, 0.3) is 0 Å². The monoisotopic (exact) mass is 305 g/mol. The Kier molecular flexibility index (Phi) is 4.20. The number of pyridine rings is 1. The van der Waals surface area contributed by atoms with Gasteiger partial charge in [0.05, 0.1) is 5.69 Å². The van der Waals surface area contributed by atoms with Crippen LogP contribution < -0.4 is 11.1 Å². The number of allylic oxidation sites excluding steroid dienone is 1. The third-order valence-electron chi connectivity index (χ3n) is 4.27. The molecule has 0 fully saturated rings. The number of hydrogen-bond donors (Lipinski definition) is 2. The molecule has 0 spiro atoms. The number of nitrogens with zero attached hydrogens (tertiary/aromatic N) is 1. The maximum atomic E-state index is 5.50. The number of nitrogens with two attached hydrogens (primary N) is 1. The van der Waals surface area contributed by atoms with E-state index in [1.54, 1.807) is 0 Å². The highest BCUT2D eigenvalue weighted by Crippen LogP contribution is 2.40. The Bertz CT molecular complexity index is 788. The highest BCUT2D eigenvalue weighted by molar-refractivity contribution is 5.85. The van der Waals surface area contributed by atoms with E-state index in [-0.39, 0.29) is 0 Å². The van der Waals surface area contributed by atoms with Crippen LogP contribution in [0.5, 0.6) is 0 Å². The smallest absolute Gasteiger partial charge is 0.0650 e. The van der Waals surface area contributed by atoms with E-state index in [9.17, 15) is 0 Å². The molecule has 3 nitrogen and oxygen atoms in total. The molecule has 3 rings (SSSR count). The zero-order valence-corrected chi connectivity index (χ0v) is 13.8. The summed E-state index contributed by atoms with van der Waals surface area (Å²) in [4.78, 5) is 4.34. The van der Waals surface area contributed by atoms with E-state index in [1.807, 2.05) is 19.2 Å². The van der Waals surface area contributed by atoms with Crippen molar-refractivity contribution in [1.29, 1.82) is 0 Å². The van der Waals surface area contributed by atoms with Crippen molar-refractivity contribution in [3.05, 3.63) is 65.3 Å². The molecule has 1 aromatic carbocycles. The molecule has 0 bridgehead atoms. The number of benzene rings is 1. The van der Waals surface area contributed by atoms with Crippen LogP contribution in [0, 0.1) is 6.92 Å². The van der Waals surface area contributed by atoms with Gasteiger partial charge >= 0.3 is 0 Å². The minimum atomic E-state index is 0.867. The largest absolute Gasteiger partial charge is 0.405 e. The quantitative estimate of drug-likeness (QED) is 0.879. The molecule has 0 amide bonds. The molecular weight excluding hydrogens is 282 g/mol. The Morgan fingerprint density at radius 1 is 1.35 bits per heavy atom. The summed E-state index contributed by atoms with van der Waals surface area (Å²) in [6.07, 6.45) is 8.69. The standard InChI is InChI=1S/C20H23N3/c1-13(2)23-20-18-6-4-5-15(18)11-14(3)19(20)16-8-10-22-17(12-16)7-9-21/h7-12,23H,1,4-6,21H2,2-3H3/b9-7-. The second kappa shape index (κ2) is 6.29. The van der Waals surface area contributed by atoms with Gasteiger partial charge in [0.2, 0.25) is 0 Å². The predicted molar refractivity (Wildman–Crippen MR) is 98.1 cm³/mol. The molecule has 118 valence electrons. The second-order valence-electron chi connectivity index (χ2n) is 6.17. The van der Waals surface area contributed by atoms with Crippen molar-refractivity contribution in [3.63, 3.8) is 0 Å². The number of rotatable bonds is 4. The highest BCUT2D eigenvalue weighted by Gasteiger charge is 2.21. The number of nitrogens with one attached hydrogen (secondary N) is 1. The minimum absolute atomic E-state index is 0.867. The first-order valence-electron chi connectivity index (χ1n) is 8.02. The third-order valence-corrected chi connectivity index (χ3v) is 4.27. The lowest BCUT2D eigenvalue weighted by atomic mass is 9.92. The van der Waals surface area contributed by atoms with Gasteiger partial charge in [0.15, 0.2) is 0 Å². The number of aryl methyl sites for hydroxylation is 2. The molecule has 1 aliphatic carbocycles. The van der Waals surface area contributed by atoms with Crippen molar-refractivity contribution in [2.24, 2.45) is 5.73 Å². The maximum absolute atomic E-state index is 5.50. The number of anilines is 1. The molecule has 23 heavy (non-hydrogen) atoms. The van der Waals surface area contributed by atoms with E-state index in [1.165, 1.54) is 47.0 Å². The van der Waals surface area contributed by atoms with Gasteiger partial charge in [0, 0.05) is 23.1 Å². The number of aromatic nitrogens is 1. The number of fused-ring (bicyclic) bond motifs is 1. The molecule has 0 saturated carbocycles. The van der Waals surface area contributed by atoms with Crippen molar-refractivity contribution >= 4 is 11.8 Å². The number of hydrogen-bond acceptors (Lipinski definition) is 3. The summed E-state index contributed by atoms with van der Waals surface area (Å²) in [5, 5.41) is 3.51. The van der Waals surface area contributed by atoms with Crippen LogP contribution in [0.1, 0.15) is 35.7 Å². The van der Waals surface area contributed by atoms with Gasteiger partial charge in [-0.2, -0.15) is 0 Å². The molecule has 3 heteroatoms. The molecule has 1 aromatic heterocycles. The zero-order valence-electron chi connectivity index (χ0n) is 13.8. The van der Waals surface area contributed by atoms with E-state index in [4.69, 9.17) is 5.73 Å². The van der Waals surface area contributed by atoms with Crippen LogP contribution in [0.4, 0.5) is 5.69 Å². The van der Waals surface area contributed by atoms with Crippen molar-refractivity contribution in [1.82, 2.24) is 4.98 Å². The normalized spacial score (nSPS) is 13.3. The van der Waals surface area contributed by atoms with Crippen LogP contribution in [0.3, 0.4) is 0 Å². The summed E-state index contributed by atoms with van der Waals surface area (Å²) in [5.41, 5.74) is 15.1. The van der Waals surface area contributed by atoms with E-state index < -0.39 is 0 Å². The first-order valence-corrected chi connectivity index (χ1v) is 8.02. The van der Waals surface area contributed by atoms with Crippen LogP contribution >= 0.6 is 0 Å². The van der Waals surface area contributed by atoms with Gasteiger partial charge in [-0.15, -0.1) is 0 Å². The molecule has 0 saturated heterocycles. The fourth-order valence-corrected chi connectivity index (χ4v) is 3.41. The van der Waals surface area contributed by atoms with Gasteiger partial charge in [-0.3, -0.25) is 4.98 Å². The van der Waals surface area contributed by atoms with Crippen LogP contribution in [0.15, 0.2) is 42.9 Å². The average Bonchev–Trinajstić information content (AvgIpc) is 2.95. The highest BCUT2D eigenvalue weighted by atomic mass is 14.9.